The first kappa shape index (κ1) is 19.8. The molecule has 0 amide bonds. The monoisotopic (exact) mass is 407 g/mol. The third-order valence-corrected chi connectivity index (χ3v) is 7.31. The van der Waals surface area contributed by atoms with E-state index in [0.717, 1.165) is 37.2 Å². The van der Waals surface area contributed by atoms with Gasteiger partial charge in [0.25, 0.3) is 0 Å². The number of nitrogens with zero attached hydrogens (tertiary/aromatic N) is 3. The number of pyridine rings is 1. The van der Waals surface area contributed by atoms with Gasteiger partial charge in [0.15, 0.2) is 0 Å². The molecule has 0 spiro atoms. The van der Waals surface area contributed by atoms with Gasteiger partial charge in [-0.2, -0.15) is 4.31 Å². The van der Waals surface area contributed by atoms with Crippen molar-refractivity contribution in [3.63, 3.8) is 0 Å². The quantitative estimate of drug-likeness (QED) is 0.629. The lowest BCUT2D eigenvalue weighted by Gasteiger charge is -2.34. The molecule has 0 N–H and O–H groups in total. The second kappa shape index (κ2) is 8.86. The van der Waals surface area contributed by atoms with Gasteiger partial charge in [0.1, 0.15) is 0 Å². The highest BCUT2D eigenvalue weighted by Gasteiger charge is 2.28. The predicted octanol–water partition coefficient (Wildman–Crippen LogP) is 3.30. The van der Waals surface area contributed by atoms with Gasteiger partial charge in [-0.3, -0.25) is 4.98 Å². The molecule has 0 atom stereocenters. The fraction of sp³-hybridized carbons (Fsp3) is 0.261. The Morgan fingerprint density at radius 1 is 0.759 bits per heavy atom. The van der Waals surface area contributed by atoms with E-state index in [1.54, 1.807) is 16.4 Å². The molecule has 5 nitrogen and oxygen atoms in total. The number of sulfonamides is 1. The molecule has 4 rings (SSSR count). The van der Waals surface area contributed by atoms with Crippen molar-refractivity contribution < 1.29 is 8.42 Å². The van der Waals surface area contributed by atoms with Crippen molar-refractivity contribution in [2.24, 2.45) is 0 Å². The number of piperazine rings is 1. The summed E-state index contributed by atoms with van der Waals surface area (Å²) in [6.07, 6.45) is 4.57. The summed E-state index contributed by atoms with van der Waals surface area (Å²) in [5.74, 6) is 0. The van der Waals surface area contributed by atoms with E-state index >= 15 is 0 Å². The van der Waals surface area contributed by atoms with Crippen LogP contribution in [0.25, 0.3) is 11.1 Å². The van der Waals surface area contributed by atoms with Gasteiger partial charge in [-0.1, -0.05) is 42.5 Å². The SMILES string of the molecule is O=S(=O)(c1ccc(-c2ccccc2)cc1)N1CCN(CCc2ccncc2)CC1. The largest absolute Gasteiger partial charge is 0.300 e. The van der Waals surface area contributed by atoms with Crippen LogP contribution in [0.3, 0.4) is 0 Å². The topological polar surface area (TPSA) is 53.5 Å². The number of rotatable bonds is 6. The predicted molar refractivity (Wildman–Crippen MR) is 115 cm³/mol. The number of hydrogen-bond acceptors (Lipinski definition) is 4. The van der Waals surface area contributed by atoms with Crippen molar-refractivity contribution in [3.05, 3.63) is 84.7 Å². The van der Waals surface area contributed by atoms with E-state index in [1.165, 1.54) is 5.56 Å². The van der Waals surface area contributed by atoms with Gasteiger partial charge < -0.3 is 4.90 Å². The van der Waals surface area contributed by atoms with Crippen molar-refractivity contribution in [3.8, 4) is 11.1 Å². The van der Waals surface area contributed by atoms with Crippen LogP contribution in [0.4, 0.5) is 0 Å². The Bertz CT molecular complexity index is 1010. The molecular formula is C23H25N3O2S. The maximum atomic E-state index is 13.0. The summed E-state index contributed by atoms with van der Waals surface area (Å²) >= 11 is 0. The highest BCUT2D eigenvalue weighted by atomic mass is 32.2. The zero-order valence-electron chi connectivity index (χ0n) is 16.3. The molecule has 2 aromatic carbocycles. The van der Waals surface area contributed by atoms with Crippen LogP contribution in [0.5, 0.6) is 0 Å². The molecule has 1 aliphatic heterocycles. The smallest absolute Gasteiger partial charge is 0.243 e. The summed E-state index contributed by atoms with van der Waals surface area (Å²) < 4.78 is 27.6. The summed E-state index contributed by atoms with van der Waals surface area (Å²) in [6.45, 7) is 3.50. The molecule has 29 heavy (non-hydrogen) atoms. The highest BCUT2D eigenvalue weighted by molar-refractivity contribution is 7.89. The van der Waals surface area contributed by atoms with E-state index in [4.69, 9.17) is 0 Å². The third-order valence-electron chi connectivity index (χ3n) is 5.40. The fourth-order valence-electron chi connectivity index (χ4n) is 3.63. The van der Waals surface area contributed by atoms with E-state index in [-0.39, 0.29) is 0 Å². The normalized spacial score (nSPS) is 16.0. The first-order valence-corrected chi connectivity index (χ1v) is 11.3. The summed E-state index contributed by atoms with van der Waals surface area (Å²) in [4.78, 5) is 6.73. The minimum Gasteiger partial charge on any atom is -0.300 e. The minimum atomic E-state index is -3.45. The average Bonchev–Trinajstić information content (AvgIpc) is 2.79. The Labute approximate surface area is 172 Å². The Balaban J connectivity index is 1.36. The lowest BCUT2D eigenvalue weighted by atomic mass is 10.1. The molecule has 1 fully saturated rings. The first-order valence-electron chi connectivity index (χ1n) is 9.90. The van der Waals surface area contributed by atoms with Gasteiger partial charge in [-0.25, -0.2) is 8.42 Å². The molecule has 0 aliphatic carbocycles. The molecule has 3 aromatic rings. The second-order valence-corrected chi connectivity index (χ2v) is 9.18. The number of aromatic nitrogens is 1. The molecule has 1 aromatic heterocycles. The van der Waals surface area contributed by atoms with Crippen LogP contribution < -0.4 is 0 Å². The van der Waals surface area contributed by atoms with Crippen molar-refractivity contribution in [1.82, 2.24) is 14.2 Å². The van der Waals surface area contributed by atoms with E-state index in [2.05, 4.69) is 9.88 Å². The molecule has 0 saturated carbocycles. The van der Waals surface area contributed by atoms with E-state index < -0.39 is 10.0 Å². The molecule has 2 heterocycles. The van der Waals surface area contributed by atoms with Gasteiger partial charge in [0.05, 0.1) is 4.90 Å². The maximum absolute atomic E-state index is 13.0. The van der Waals surface area contributed by atoms with Crippen LogP contribution in [0.15, 0.2) is 84.0 Å². The lowest BCUT2D eigenvalue weighted by molar-refractivity contribution is 0.190. The Kier molecular flexibility index (Phi) is 6.04. The van der Waals surface area contributed by atoms with E-state index in [1.807, 2.05) is 67.0 Å². The summed E-state index contributed by atoms with van der Waals surface area (Å²) in [7, 11) is -3.45. The van der Waals surface area contributed by atoms with Crippen LogP contribution in [0, 0.1) is 0 Å². The van der Waals surface area contributed by atoms with Crippen LogP contribution in [0.2, 0.25) is 0 Å². The average molecular weight is 408 g/mol. The van der Waals surface area contributed by atoms with Crippen molar-refractivity contribution >= 4 is 10.0 Å². The Morgan fingerprint density at radius 3 is 2.03 bits per heavy atom. The minimum absolute atomic E-state index is 0.363. The zero-order chi connectivity index (χ0) is 20.1. The Morgan fingerprint density at radius 2 is 1.38 bits per heavy atom. The van der Waals surface area contributed by atoms with Crippen LogP contribution in [0.1, 0.15) is 5.56 Å². The van der Waals surface area contributed by atoms with Crippen LogP contribution in [-0.4, -0.2) is 55.3 Å². The second-order valence-electron chi connectivity index (χ2n) is 7.24. The van der Waals surface area contributed by atoms with E-state index in [0.29, 0.717) is 18.0 Å². The van der Waals surface area contributed by atoms with Crippen molar-refractivity contribution in [1.29, 1.82) is 0 Å². The highest BCUT2D eigenvalue weighted by Crippen LogP contribution is 2.23. The molecule has 0 bridgehead atoms. The molecule has 150 valence electrons. The van der Waals surface area contributed by atoms with Crippen LogP contribution in [-0.2, 0) is 16.4 Å². The maximum Gasteiger partial charge on any atom is 0.243 e. The molecule has 1 aliphatic rings. The number of hydrogen-bond donors (Lipinski definition) is 0. The van der Waals surface area contributed by atoms with Gasteiger partial charge >= 0.3 is 0 Å². The lowest BCUT2D eigenvalue weighted by Crippen LogP contribution is -2.48. The number of benzene rings is 2. The van der Waals surface area contributed by atoms with Crippen LogP contribution >= 0.6 is 0 Å². The van der Waals surface area contributed by atoms with Gasteiger partial charge in [0.2, 0.25) is 10.0 Å². The molecular weight excluding hydrogens is 382 g/mol. The molecule has 0 unspecified atom stereocenters. The summed E-state index contributed by atoms with van der Waals surface area (Å²) in [5, 5.41) is 0. The zero-order valence-corrected chi connectivity index (χ0v) is 17.1. The van der Waals surface area contributed by atoms with Crippen molar-refractivity contribution in [2.75, 3.05) is 32.7 Å². The van der Waals surface area contributed by atoms with Gasteiger partial charge in [0, 0.05) is 45.1 Å². The first-order chi connectivity index (χ1) is 14.1. The summed E-state index contributed by atoms with van der Waals surface area (Å²) in [6, 6.07) is 21.2. The van der Waals surface area contributed by atoms with Crippen molar-refractivity contribution in [2.45, 2.75) is 11.3 Å². The third kappa shape index (κ3) is 4.72. The molecule has 6 heteroatoms. The van der Waals surface area contributed by atoms with E-state index in [9.17, 15) is 8.42 Å². The van der Waals surface area contributed by atoms with Gasteiger partial charge in [-0.15, -0.1) is 0 Å². The standard InChI is InChI=1S/C23H25N3O2S/c27-29(28,23-8-6-22(7-9-23)21-4-2-1-3-5-21)26-18-16-25(17-19-26)15-12-20-10-13-24-14-11-20/h1-11,13-14H,12,15-19H2. The molecule has 1 saturated heterocycles. The Hall–Kier alpha value is -2.54. The molecule has 0 radical (unpaired) electrons. The van der Waals surface area contributed by atoms with Gasteiger partial charge in [-0.05, 0) is 47.4 Å². The summed E-state index contributed by atoms with van der Waals surface area (Å²) in [5.41, 5.74) is 3.36. The fourth-order valence-corrected chi connectivity index (χ4v) is 5.05.